The molecule has 1 fully saturated rings. The third-order valence-corrected chi connectivity index (χ3v) is 3.99. The molecule has 0 radical (unpaired) electrons. The number of nitrogens with zero attached hydrogens (tertiary/aromatic N) is 4. The summed E-state index contributed by atoms with van der Waals surface area (Å²) in [5.74, 6) is -0.0133. The van der Waals surface area contributed by atoms with E-state index in [1.807, 2.05) is 24.3 Å². The molecule has 2 aromatic rings. The van der Waals surface area contributed by atoms with Gasteiger partial charge in [0, 0.05) is 49.8 Å². The molecule has 0 atom stereocenters. The summed E-state index contributed by atoms with van der Waals surface area (Å²) in [6.45, 7) is 4.36. The van der Waals surface area contributed by atoms with E-state index in [2.05, 4.69) is 14.9 Å². The molecule has 118 valence electrons. The number of carbonyl (C=O) groups is 2. The molecule has 1 aliphatic heterocycles. The number of hydrogen-bond acceptors (Lipinski definition) is 5. The van der Waals surface area contributed by atoms with Crippen LogP contribution in [-0.4, -0.2) is 52.7 Å². The van der Waals surface area contributed by atoms with Gasteiger partial charge in [-0.3, -0.25) is 14.6 Å². The molecule has 0 aliphatic carbocycles. The van der Waals surface area contributed by atoms with Gasteiger partial charge in [0.1, 0.15) is 5.69 Å². The molecule has 3 rings (SSSR count). The number of carbonyl (C=O) groups excluding carboxylic acids is 2. The average molecular weight is 310 g/mol. The second kappa shape index (κ2) is 6.56. The second-order valence-corrected chi connectivity index (χ2v) is 5.47. The Balaban J connectivity index is 1.62. The van der Waals surface area contributed by atoms with E-state index in [0.29, 0.717) is 24.3 Å². The fourth-order valence-corrected chi connectivity index (χ4v) is 2.65. The van der Waals surface area contributed by atoms with E-state index < -0.39 is 0 Å². The molecule has 1 amide bonds. The number of amides is 1. The zero-order valence-corrected chi connectivity index (χ0v) is 13.0. The summed E-state index contributed by atoms with van der Waals surface area (Å²) in [5, 5.41) is 0. The molecule has 1 aromatic carbocycles. The van der Waals surface area contributed by atoms with Crippen molar-refractivity contribution in [3.8, 4) is 0 Å². The summed E-state index contributed by atoms with van der Waals surface area (Å²) >= 11 is 0. The molecule has 0 saturated carbocycles. The lowest BCUT2D eigenvalue weighted by atomic mass is 10.1. The standard InChI is InChI=1S/C17H18N4O2/c1-13(22)14-2-4-15(5-3-14)20-8-10-21(11-9-20)17(23)16-12-18-6-7-19-16/h2-7,12H,8-11H2,1H3. The first-order chi connectivity index (χ1) is 11.1. The molecular formula is C17H18N4O2. The van der Waals surface area contributed by atoms with Crippen LogP contribution in [-0.2, 0) is 0 Å². The van der Waals surface area contributed by atoms with Crippen LogP contribution in [0.1, 0.15) is 27.8 Å². The number of Topliss-reactive ketones (excluding diaryl/α,β-unsaturated/α-hetero) is 1. The van der Waals surface area contributed by atoms with Gasteiger partial charge in [-0.15, -0.1) is 0 Å². The monoisotopic (exact) mass is 310 g/mol. The van der Waals surface area contributed by atoms with Gasteiger partial charge < -0.3 is 9.80 Å². The molecule has 0 unspecified atom stereocenters. The second-order valence-electron chi connectivity index (χ2n) is 5.47. The molecule has 6 nitrogen and oxygen atoms in total. The smallest absolute Gasteiger partial charge is 0.274 e. The van der Waals surface area contributed by atoms with Gasteiger partial charge in [0.15, 0.2) is 5.78 Å². The van der Waals surface area contributed by atoms with Gasteiger partial charge in [-0.05, 0) is 31.2 Å². The van der Waals surface area contributed by atoms with Crippen molar-refractivity contribution in [2.45, 2.75) is 6.92 Å². The van der Waals surface area contributed by atoms with Gasteiger partial charge in [-0.2, -0.15) is 0 Å². The fraction of sp³-hybridized carbons (Fsp3) is 0.294. The van der Waals surface area contributed by atoms with Crippen molar-refractivity contribution in [1.29, 1.82) is 0 Å². The molecular weight excluding hydrogens is 292 g/mol. The van der Waals surface area contributed by atoms with Gasteiger partial charge in [-0.1, -0.05) is 0 Å². The van der Waals surface area contributed by atoms with E-state index in [1.54, 1.807) is 18.0 Å². The molecule has 23 heavy (non-hydrogen) atoms. The minimum atomic E-state index is -0.0790. The third-order valence-electron chi connectivity index (χ3n) is 3.99. The summed E-state index contributed by atoms with van der Waals surface area (Å²) in [6, 6.07) is 7.59. The average Bonchev–Trinajstić information content (AvgIpc) is 2.62. The quantitative estimate of drug-likeness (QED) is 0.806. The highest BCUT2D eigenvalue weighted by Crippen LogP contribution is 2.18. The van der Waals surface area contributed by atoms with Crippen molar-refractivity contribution in [3.63, 3.8) is 0 Å². The summed E-state index contributed by atoms with van der Waals surface area (Å²) < 4.78 is 0. The Morgan fingerprint density at radius 2 is 1.70 bits per heavy atom. The first-order valence-electron chi connectivity index (χ1n) is 7.56. The zero-order valence-electron chi connectivity index (χ0n) is 13.0. The highest BCUT2D eigenvalue weighted by molar-refractivity contribution is 5.94. The van der Waals surface area contributed by atoms with Gasteiger partial charge in [0.05, 0.1) is 6.20 Å². The Bertz CT molecular complexity index is 692. The maximum atomic E-state index is 12.3. The van der Waals surface area contributed by atoms with Crippen LogP contribution < -0.4 is 4.90 Å². The lowest BCUT2D eigenvalue weighted by Gasteiger charge is -2.36. The summed E-state index contributed by atoms with van der Waals surface area (Å²) in [6.07, 6.45) is 4.58. The summed E-state index contributed by atoms with van der Waals surface area (Å²) in [4.78, 5) is 35.7. The lowest BCUT2D eigenvalue weighted by Crippen LogP contribution is -2.49. The summed E-state index contributed by atoms with van der Waals surface area (Å²) in [5.41, 5.74) is 2.17. The molecule has 1 saturated heterocycles. The number of aromatic nitrogens is 2. The molecule has 1 aliphatic rings. The highest BCUT2D eigenvalue weighted by atomic mass is 16.2. The molecule has 6 heteroatoms. The van der Waals surface area contributed by atoms with Crippen molar-refractivity contribution >= 4 is 17.4 Å². The van der Waals surface area contributed by atoms with Crippen molar-refractivity contribution < 1.29 is 9.59 Å². The Hall–Kier alpha value is -2.76. The van der Waals surface area contributed by atoms with E-state index in [4.69, 9.17) is 0 Å². The number of hydrogen-bond donors (Lipinski definition) is 0. The van der Waals surface area contributed by atoms with Crippen LogP contribution >= 0.6 is 0 Å². The van der Waals surface area contributed by atoms with Crippen molar-refractivity contribution in [2.75, 3.05) is 31.1 Å². The minimum absolute atomic E-state index is 0.0657. The topological polar surface area (TPSA) is 66.4 Å². The van der Waals surface area contributed by atoms with Crippen LogP contribution in [0.15, 0.2) is 42.9 Å². The SMILES string of the molecule is CC(=O)c1ccc(N2CCN(C(=O)c3cnccn3)CC2)cc1. The fourth-order valence-electron chi connectivity index (χ4n) is 2.65. The van der Waals surface area contributed by atoms with Crippen LogP contribution in [0.25, 0.3) is 0 Å². The van der Waals surface area contributed by atoms with Gasteiger partial charge in [0.25, 0.3) is 5.91 Å². The largest absolute Gasteiger partial charge is 0.368 e. The maximum absolute atomic E-state index is 12.3. The number of piperazine rings is 1. The van der Waals surface area contributed by atoms with Crippen molar-refractivity contribution in [2.24, 2.45) is 0 Å². The minimum Gasteiger partial charge on any atom is -0.368 e. The Kier molecular flexibility index (Phi) is 4.32. The predicted octanol–water partition coefficient (Wildman–Crippen LogP) is 1.64. The Morgan fingerprint density at radius 3 is 2.26 bits per heavy atom. The van der Waals surface area contributed by atoms with Crippen molar-refractivity contribution in [1.82, 2.24) is 14.9 Å². The van der Waals surface area contributed by atoms with E-state index >= 15 is 0 Å². The summed E-state index contributed by atoms with van der Waals surface area (Å²) in [7, 11) is 0. The Morgan fingerprint density at radius 1 is 1.00 bits per heavy atom. The van der Waals surface area contributed by atoms with Crippen LogP contribution in [0.3, 0.4) is 0 Å². The number of rotatable bonds is 3. The van der Waals surface area contributed by atoms with Crippen molar-refractivity contribution in [3.05, 3.63) is 54.1 Å². The van der Waals surface area contributed by atoms with Crippen LogP contribution in [0, 0.1) is 0 Å². The van der Waals surface area contributed by atoms with Crippen LogP contribution in [0.4, 0.5) is 5.69 Å². The van der Waals surface area contributed by atoms with Gasteiger partial charge in [-0.25, -0.2) is 4.98 Å². The number of ketones is 1. The first-order valence-corrected chi connectivity index (χ1v) is 7.56. The normalized spacial score (nSPS) is 14.7. The predicted molar refractivity (Wildman–Crippen MR) is 86.6 cm³/mol. The van der Waals surface area contributed by atoms with E-state index in [0.717, 1.165) is 18.8 Å². The third kappa shape index (κ3) is 3.36. The molecule has 0 bridgehead atoms. The molecule has 0 N–H and O–H groups in total. The molecule has 2 heterocycles. The van der Waals surface area contributed by atoms with Crippen LogP contribution in [0.2, 0.25) is 0 Å². The highest BCUT2D eigenvalue weighted by Gasteiger charge is 2.23. The number of anilines is 1. The van der Waals surface area contributed by atoms with Gasteiger partial charge in [0.2, 0.25) is 0 Å². The van der Waals surface area contributed by atoms with E-state index in [1.165, 1.54) is 12.4 Å². The first kappa shape index (κ1) is 15.1. The molecule has 1 aromatic heterocycles. The number of benzene rings is 1. The lowest BCUT2D eigenvalue weighted by molar-refractivity contribution is 0.0740. The van der Waals surface area contributed by atoms with E-state index in [9.17, 15) is 9.59 Å². The van der Waals surface area contributed by atoms with E-state index in [-0.39, 0.29) is 11.7 Å². The van der Waals surface area contributed by atoms with Gasteiger partial charge >= 0.3 is 0 Å². The zero-order chi connectivity index (χ0) is 16.2. The Labute approximate surface area is 134 Å². The molecule has 0 spiro atoms. The maximum Gasteiger partial charge on any atom is 0.274 e. The van der Waals surface area contributed by atoms with Crippen LogP contribution in [0.5, 0.6) is 0 Å².